The van der Waals surface area contributed by atoms with E-state index in [0.717, 1.165) is 18.9 Å². The summed E-state index contributed by atoms with van der Waals surface area (Å²) >= 11 is 0. The molecule has 0 heterocycles. The number of hydrogen-bond donors (Lipinski definition) is 1. The first-order chi connectivity index (χ1) is 16.8. The maximum absolute atomic E-state index is 6.37. The fourth-order valence-corrected chi connectivity index (χ4v) is 7.16. The van der Waals surface area contributed by atoms with Crippen LogP contribution in [-0.2, 0) is 13.3 Å². The minimum absolute atomic E-state index is 0. The summed E-state index contributed by atoms with van der Waals surface area (Å²) in [5, 5.41) is 0. The molecule has 1 atom stereocenters. The highest BCUT2D eigenvalue weighted by molar-refractivity contribution is 6.60. The van der Waals surface area contributed by atoms with E-state index < -0.39 is 8.80 Å². The van der Waals surface area contributed by atoms with Gasteiger partial charge in [0.2, 0.25) is 0 Å². The van der Waals surface area contributed by atoms with E-state index in [2.05, 4.69) is 20.8 Å². The Morgan fingerprint density at radius 2 is 0.917 bits per heavy atom. The van der Waals surface area contributed by atoms with E-state index in [1.54, 1.807) is 21.3 Å². The van der Waals surface area contributed by atoms with Gasteiger partial charge in [-0.25, -0.2) is 0 Å². The number of nitrogens with two attached hydrogens (primary N) is 1. The Morgan fingerprint density at radius 3 is 1.25 bits per heavy atom. The molecule has 4 nitrogen and oxygen atoms in total. The van der Waals surface area contributed by atoms with E-state index in [-0.39, 0.29) is 17.9 Å². The second-order valence-corrected chi connectivity index (χ2v) is 14.8. The van der Waals surface area contributed by atoms with E-state index in [1.807, 2.05) is 0 Å². The normalized spacial score (nSPS) is 13.1. The lowest BCUT2D eigenvalue weighted by molar-refractivity contribution is 0.122. The van der Waals surface area contributed by atoms with E-state index in [1.165, 1.54) is 122 Å². The van der Waals surface area contributed by atoms with Crippen molar-refractivity contribution in [1.82, 2.24) is 0 Å². The van der Waals surface area contributed by atoms with Gasteiger partial charge in [-0.15, -0.1) is 12.4 Å². The van der Waals surface area contributed by atoms with Gasteiger partial charge in [-0.05, 0) is 32.6 Å². The topological polar surface area (TPSA) is 53.7 Å². The van der Waals surface area contributed by atoms with Crippen molar-refractivity contribution in [2.75, 3.05) is 21.3 Å². The largest absolute Gasteiger partial charge is 0.500 e. The van der Waals surface area contributed by atoms with Gasteiger partial charge >= 0.3 is 8.80 Å². The fraction of sp³-hybridized carbons (Fsp3) is 1.00. The van der Waals surface area contributed by atoms with Crippen LogP contribution in [0.15, 0.2) is 0 Å². The van der Waals surface area contributed by atoms with Gasteiger partial charge < -0.3 is 19.0 Å². The zero-order valence-corrected chi connectivity index (χ0v) is 27.2. The molecular weight excluding hydrogens is 486 g/mol. The molecule has 0 rings (SSSR count). The third kappa shape index (κ3) is 23.5. The SMILES string of the molecule is CCCCCCCCCCCCCCCCCCCC(CCC[Si](OC)(OC)OC)CC(C)(C)N.Cl. The van der Waals surface area contributed by atoms with Crippen LogP contribution in [0.3, 0.4) is 0 Å². The van der Waals surface area contributed by atoms with Gasteiger partial charge in [0.1, 0.15) is 0 Å². The van der Waals surface area contributed by atoms with Crippen molar-refractivity contribution in [1.29, 1.82) is 0 Å². The molecule has 0 saturated carbocycles. The van der Waals surface area contributed by atoms with Gasteiger partial charge in [0.15, 0.2) is 0 Å². The highest BCUT2D eigenvalue weighted by atomic mass is 35.5. The Labute approximate surface area is 234 Å². The Balaban J connectivity index is 0. The quantitative estimate of drug-likeness (QED) is 0.0814. The smallest absolute Gasteiger partial charge is 0.377 e. The van der Waals surface area contributed by atoms with Crippen LogP contribution in [0.5, 0.6) is 0 Å². The van der Waals surface area contributed by atoms with Crippen molar-refractivity contribution in [3.05, 3.63) is 0 Å². The molecule has 0 aliphatic carbocycles. The van der Waals surface area contributed by atoms with E-state index >= 15 is 0 Å². The fourth-order valence-electron chi connectivity index (χ4n) is 5.41. The number of unbranched alkanes of at least 4 members (excludes halogenated alkanes) is 16. The lowest BCUT2D eigenvalue weighted by atomic mass is 9.85. The molecular formula is C30H66ClNO3Si. The molecule has 6 heteroatoms. The second kappa shape index (κ2) is 25.6. The van der Waals surface area contributed by atoms with Crippen molar-refractivity contribution in [2.45, 2.75) is 167 Å². The van der Waals surface area contributed by atoms with Crippen LogP contribution in [0.1, 0.15) is 156 Å². The molecule has 1 unspecified atom stereocenters. The Bertz CT molecular complexity index is 436. The van der Waals surface area contributed by atoms with Gasteiger partial charge in [0, 0.05) is 32.9 Å². The Kier molecular flexibility index (Phi) is 27.4. The van der Waals surface area contributed by atoms with Crippen LogP contribution in [0.4, 0.5) is 0 Å². The summed E-state index contributed by atoms with van der Waals surface area (Å²) in [5.41, 5.74) is 6.27. The number of rotatable bonds is 27. The summed E-state index contributed by atoms with van der Waals surface area (Å²) in [4.78, 5) is 0. The van der Waals surface area contributed by atoms with Crippen molar-refractivity contribution >= 4 is 21.2 Å². The lowest BCUT2D eigenvalue weighted by Gasteiger charge is -2.28. The predicted molar refractivity (Wildman–Crippen MR) is 163 cm³/mol. The van der Waals surface area contributed by atoms with Gasteiger partial charge in [0.05, 0.1) is 0 Å². The molecule has 0 fully saturated rings. The predicted octanol–water partition coefficient (Wildman–Crippen LogP) is 9.85. The molecule has 2 N–H and O–H groups in total. The highest BCUT2D eigenvalue weighted by Crippen LogP contribution is 2.27. The minimum atomic E-state index is -2.45. The molecule has 0 bridgehead atoms. The van der Waals surface area contributed by atoms with Crippen LogP contribution in [0.2, 0.25) is 6.04 Å². The maximum Gasteiger partial charge on any atom is 0.500 e. The molecule has 0 aromatic heterocycles. The first-order valence-electron chi connectivity index (χ1n) is 15.3. The summed E-state index contributed by atoms with van der Waals surface area (Å²) in [6, 6.07) is 0.886. The Hall–Kier alpha value is 0.347. The third-order valence-corrected chi connectivity index (χ3v) is 10.4. The molecule has 0 amide bonds. The van der Waals surface area contributed by atoms with Gasteiger partial charge in [-0.2, -0.15) is 0 Å². The summed E-state index contributed by atoms with van der Waals surface area (Å²) in [7, 11) is 2.66. The van der Waals surface area contributed by atoms with Crippen molar-refractivity contribution in [2.24, 2.45) is 11.7 Å². The first kappa shape index (κ1) is 38.5. The number of hydrogen-bond acceptors (Lipinski definition) is 4. The molecule has 0 aliphatic rings. The highest BCUT2D eigenvalue weighted by Gasteiger charge is 2.37. The Morgan fingerprint density at radius 1 is 0.583 bits per heavy atom. The molecule has 0 radical (unpaired) electrons. The molecule has 0 spiro atoms. The molecule has 36 heavy (non-hydrogen) atoms. The van der Waals surface area contributed by atoms with Crippen LogP contribution in [0, 0.1) is 5.92 Å². The van der Waals surface area contributed by atoms with Gasteiger partial charge in [0.25, 0.3) is 0 Å². The average Bonchev–Trinajstić information content (AvgIpc) is 2.83. The molecule has 0 aromatic rings. The lowest BCUT2D eigenvalue weighted by Crippen LogP contribution is -2.42. The summed E-state index contributed by atoms with van der Waals surface area (Å²) < 4.78 is 16.8. The standard InChI is InChI=1S/C30H65NO3Si.ClH/c1-7-8-9-10-11-12-13-14-15-16-17-18-19-20-21-22-23-25-29(28-30(2,3)31)26-24-27-35(32-4,33-5)34-6;/h29H,7-28,31H2,1-6H3;1H. The second-order valence-electron chi connectivity index (χ2n) is 11.7. The molecule has 0 saturated heterocycles. The summed E-state index contributed by atoms with van der Waals surface area (Å²) in [6.07, 6.45) is 28.9. The van der Waals surface area contributed by atoms with Gasteiger partial charge in [-0.1, -0.05) is 129 Å². The number of halogens is 1. The van der Waals surface area contributed by atoms with Crippen molar-refractivity contribution in [3.63, 3.8) is 0 Å². The zero-order chi connectivity index (χ0) is 26.3. The van der Waals surface area contributed by atoms with Crippen LogP contribution < -0.4 is 5.73 Å². The molecule has 0 aromatic carbocycles. The monoisotopic (exact) mass is 551 g/mol. The third-order valence-electron chi connectivity index (χ3n) is 7.56. The zero-order valence-electron chi connectivity index (χ0n) is 25.3. The molecule has 220 valence electrons. The van der Waals surface area contributed by atoms with E-state index in [4.69, 9.17) is 19.0 Å². The summed E-state index contributed by atoms with van der Waals surface area (Å²) in [6.45, 7) is 6.62. The first-order valence-corrected chi connectivity index (χ1v) is 17.2. The van der Waals surface area contributed by atoms with Gasteiger partial charge in [-0.3, -0.25) is 0 Å². The molecule has 0 aliphatic heterocycles. The van der Waals surface area contributed by atoms with Crippen LogP contribution in [0.25, 0.3) is 0 Å². The van der Waals surface area contributed by atoms with Crippen molar-refractivity contribution < 1.29 is 13.3 Å². The van der Waals surface area contributed by atoms with Crippen LogP contribution in [-0.4, -0.2) is 35.7 Å². The van der Waals surface area contributed by atoms with Crippen LogP contribution >= 0.6 is 12.4 Å². The maximum atomic E-state index is 6.37. The minimum Gasteiger partial charge on any atom is -0.377 e. The summed E-state index contributed by atoms with van der Waals surface area (Å²) in [5.74, 6) is 0.684. The van der Waals surface area contributed by atoms with Crippen molar-refractivity contribution in [3.8, 4) is 0 Å². The van der Waals surface area contributed by atoms with E-state index in [9.17, 15) is 0 Å². The van der Waals surface area contributed by atoms with E-state index in [0.29, 0.717) is 5.92 Å². The average molecular weight is 552 g/mol.